The van der Waals surface area contributed by atoms with E-state index in [0.717, 1.165) is 0 Å². The van der Waals surface area contributed by atoms with Crippen LogP contribution in [0.25, 0.3) is 0 Å². The van der Waals surface area contributed by atoms with E-state index in [0.29, 0.717) is 5.01 Å². The van der Waals surface area contributed by atoms with Gasteiger partial charge in [0, 0.05) is 12.4 Å². The zero-order chi connectivity index (χ0) is 9.56. The zero-order valence-corrected chi connectivity index (χ0v) is 7.28. The van der Waals surface area contributed by atoms with Gasteiger partial charge in [0.05, 0.1) is 5.29 Å². The van der Waals surface area contributed by atoms with Gasteiger partial charge in [-0.3, -0.25) is 0 Å². The third-order valence-electron chi connectivity index (χ3n) is 1.02. The summed E-state index contributed by atoms with van der Waals surface area (Å²) in [7, 11) is 0. The fourth-order valence-electron chi connectivity index (χ4n) is 0.510. The predicted molar refractivity (Wildman–Crippen MR) is 43.4 cm³/mol. The number of hydrogen-bond donors (Lipinski definition) is 2. The van der Waals surface area contributed by atoms with Crippen LogP contribution >= 0.6 is 11.6 Å². The quantitative estimate of drug-likeness (QED) is 0.292. The largest absolute Gasteiger partial charge is 0.372 e. The van der Waals surface area contributed by atoms with Crippen molar-refractivity contribution in [1.29, 1.82) is 0 Å². The molecule has 0 spiro atoms. The maximum atomic E-state index is 10.9. The van der Waals surface area contributed by atoms with Crippen LogP contribution in [0.15, 0.2) is 5.29 Å². The molecule has 0 aliphatic rings. The van der Waals surface area contributed by atoms with Crippen LogP contribution < -0.4 is 5.32 Å². The Labute approximate surface area is 74.4 Å². The summed E-state index contributed by atoms with van der Waals surface area (Å²) in [5.41, 5.74) is 0. The lowest BCUT2D eigenvalue weighted by atomic mass is 10.6. The number of halogens is 1. The van der Waals surface area contributed by atoms with Crippen molar-refractivity contribution in [3.8, 4) is 0 Å². The summed E-state index contributed by atoms with van der Waals surface area (Å²) in [4.78, 5) is 20.9. The minimum Gasteiger partial charge on any atom is -0.372 e. The van der Waals surface area contributed by atoms with Gasteiger partial charge < -0.3 is 10.4 Å². The van der Waals surface area contributed by atoms with E-state index in [4.69, 9.17) is 16.7 Å². The first-order valence-corrected chi connectivity index (χ1v) is 3.81. The number of hydrogen-bond acceptors (Lipinski definition) is 4. The van der Waals surface area contributed by atoms with Gasteiger partial charge in [0.15, 0.2) is 6.23 Å². The maximum absolute atomic E-state index is 10.9. The summed E-state index contributed by atoms with van der Waals surface area (Å²) in [5, 5.41) is 13.8. The standard InChI is InChI=1S/C5H10ClN3O3/c1-4(10)9(8-12)5(11)7-3-2-6/h4,10H,2-3H2,1H3,(H,7,11). The van der Waals surface area contributed by atoms with Gasteiger partial charge >= 0.3 is 6.03 Å². The number of nitroso groups, excluding NO2 is 1. The molecule has 0 fully saturated rings. The fourth-order valence-corrected chi connectivity index (χ4v) is 0.605. The van der Waals surface area contributed by atoms with Crippen molar-refractivity contribution < 1.29 is 9.90 Å². The second kappa shape index (κ2) is 5.73. The number of amides is 2. The van der Waals surface area contributed by atoms with Gasteiger partial charge in [-0.05, 0) is 6.92 Å². The van der Waals surface area contributed by atoms with Gasteiger partial charge in [-0.2, -0.15) is 0 Å². The van der Waals surface area contributed by atoms with Gasteiger partial charge in [0.2, 0.25) is 0 Å². The highest BCUT2D eigenvalue weighted by molar-refractivity contribution is 6.18. The van der Waals surface area contributed by atoms with Gasteiger partial charge in [-0.15, -0.1) is 21.5 Å². The molecule has 0 aromatic carbocycles. The first-order chi connectivity index (χ1) is 5.63. The van der Waals surface area contributed by atoms with E-state index in [2.05, 4.69) is 10.6 Å². The highest BCUT2D eigenvalue weighted by atomic mass is 35.5. The van der Waals surface area contributed by atoms with Crippen LogP contribution in [0.1, 0.15) is 6.92 Å². The van der Waals surface area contributed by atoms with Crippen molar-refractivity contribution in [2.75, 3.05) is 12.4 Å². The lowest BCUT2D eigenvalue weighted by molar-refractivity contribution is 0.0461. The minimum absolute atomic E-state index is 0.221. The Morgan fingerprint density at radius 3 is 2.75 bits per heavy atom. The first-order valence-electron chi connectivity index (χ1n) is 3.27. The van der Waals surface area contributed by atoms with Gasteiger partial charge in [0.25, 0.3) is 0 Å². The Balaban J connectivity index is 3.94. The monoisotopic (exact) mass is 195 g/mol. The Hall–Kier alpha value is -0.880. The van der Waals surface area contributed by atoms with Crippen LogP contribution in [0, 0.1) is 4.91 Å². The number of rotatable bonds is 4. The number of carbonyl (C=O) groups is 1. The molecule has 0 rings (SSSR count). The van der Waals surface area contributed by atoms with Gasteiger partial charge in [0.1, 0.15) is 0 Å². The summed E-state index contributed by atoms with van der Waals surface area (Å²) in [6.45, 7) is 1.47. The van der Waals surface area contributed by atoms with Crippen molar-refractivity contribution >= 4 is 17.6 Å². The summed E-state index contributed by atoms with van der Waals surface area (Å²) < 4.78 is 0. The van der Waals surface area contributed by atoms with E-state index < -0.39 is 12.3 Å². The lowest BCUT2D eigenvalue weighted by Crippen LogP contribution is -2.41. The maximum Gasteiger partial charge on any atom is 0.342 e. The van der Waals surface area contributed by atoms with Crippen molar-refractivity contribution in [3.63, 3.8) is 0 Å². The lowest BCUT2D eigenvalue weighted by Gasteiger charge is -2.15. The van der Waals surface area contributed by atoms with Crippen LogP contribution in [0.5, 0.6) is 0 Å². The molecule has 12 heavy (non-hydrogen) atoms. The van der Waals surface area contributed by atoms with Gasteiger partial charge in [-0.1, -0.05) is 0 Å². The molecule has 0 bridgehead atoms. The normalized spacial score (nSPS) is 11.9. The Kier molecular flexibility index (Phi) is 5.31. The number of carbonyl (C=O) groups excluding carboxylic acids is 1. The molecule has 7 heteroatoms. The van der Waals surface area contributed by atoms with E-state index in [1.165, 1.54) is 6.92 Å². The summed E-state index contributed by atoms with van der Waals surface area (Å²) in [5.74, 6) is 0.234. The Morgan fingerprint density at radius 2 is 2.42 bits per heavy atom. The van der Waals surface area contributed by atoms with E-state index in [-0.39, 0.29) is 12.4 Å². The fraction of sp³-hybridized carbons (Fsp3) is 0.800. The van der Waals surface area contributed by atoms with Crippen LogP contribution in [0.4, 0.5) is 4.79 Å². The SMILES string of the molecule is CC(O)N(N=O)C(=O)NCCCl. The number of aliphatic hydroxyl groups is 1. The van der Waals surface area contributed by atoms with E-state index >= 15 is 0 Å². The van der Waals surface area contributed by atoms with Crippen LogP contribution in [0.3, 0.4) is 0 Å². The van der Waals surface area contributed by atoms with Gasteiger partial charge in [-0.25, -0.2) is 4.79 Å². The van der Waals surface area contributed by atoms with Crippen molar-refractivity contribution in [1.82, 2.24) is 10.3 Å². The highest BCUT2D eigenvalue weighted by Gasteiger charge is 2.17. The molecular weight excluding hydrogens is 186 g/mol. The second-order valence-electron chi connectivity index (χ2n) is 1.98. The molecule has 0 aromatic heterocycles. The smallest absolute Gasteiger partial charge is 0.342 e. The minimum atomic E-state index is -1.24. The molecule has 6 nitrogen and oxygen atoms in total. The molecule has 0 saturated carbocycles. The average molecular weight is 196 g/mol. The van der Waals surface area contributed by atoms with E-state index in [1.807, 2.05) is 0 Å². The molecule has 0 aliphatic carbocycles. The van der Waals surface area contributed by atoms with Crippen LogP contribution in [0.2, 0.25) is 0 Å². The molecule has 1 atom stereocenters. The van der Waals surface area contributed by atoms with E-state index in [1.54, 1.807) is 0 Å². The number of nitrogens with zero attached hydrogens (tertiary/aromatic N) is 2. The molecule has 70 valence electrons. The van der Waals surface area contributed by atoms with Crippen molar-refractivity contribution in [2.24, 2.45) is 5.29 Å². The molecule has 2 amide bonds. The molecule has 1 unspecified atom stereocenters. The molecule has 0 aliphatic heterocycles. The third kappa shape index (κ3) is 3.49. The van der Waals surface area contributed by atoms with Crippen molar-refractivity contribution in [2.45, 2.75) is 13.2 Å². The first kappa shape index (κ1) is 11.1. The summed E-state index contributed by atoms with van der Waals surface area (Å²) >= 11 is 5.27. The molecule has 0 radical (unpaired) electrons. The predicted octanol–water partition coefficient (Wildman–Crippen LogP) is 0.256. The second-order valence-corrected chi connectivity index (χ2v) is 2.36. The number of nitrogens with one attached hydrogen (secondary N) is 1. The topological polar surface area (TPSA) is 82.0 Å². The summed E-state index contributed by atoms with van der Waals surface area (Å²) in [6, 6.07) is -0.763. The number of urea groups is 1. The Morgan fingerprint density at radius 1 is 1.83 bits per heavy atom. The Bertz CT molecular complexity index is 164. The number of aliphatic hydroxyl groups excluding tert-OH is 1. The summed E-state index contributed by atoms with van der Waals surface area (Å²) in [6.07, 6.45) is -1.24. The molecule has 0 aromatic rings. The third-order valence-corrected chi connectivity index (χ3v) is 1.21. The van der Waals surface area contributed by atoms with E-state index in [9.17, 15) is 9.70 Å². The molecular formula is C5H10ClN3O3. The molecule has 2 N–H and O–H groups in total. The zero-order valence-electron chi connectivity index (χ0n) is 6.53. The van der Waals surface area contributed by atoms with Crippen LogP contribution in [-0.2, 0) is 0 Å². The molecule has 0 saturated heterocycles. The average Bonchev–Trinajstić information content (AvgIpc) is 2.01. The van der Waals surface area contributed by atoms with Crippen LogP contribution in [-0.4, -0.2) is 34.8 Å². The number of alkyl halides is 1. The van der Waals surface area contributed by atoms with Crippen molar-refractivity contribution in [3.05, 3.63) is 4.91 Å². The highest BCUT2D eigenvalue weighted by Crippen LogP contribution is 1.95. The molecule has 0 heterocycles.